The van der Waals surface area contributed by atoms with Gasteiger partial charge in [0.25, 0.3) is 0 Å². The van der Waals surface area contributed by atoms with E-state index in [1.54, 1.807) is 11.3 Å². The molecule has 1 aromatic carbocycles. The average molecular weight is 340 g/mol. The molecule has 0 saturated heterocycles. The first-order valence-corrected chi connectivity index (χ1v) is 9.34. The van der Waals surface area contributed by atoms with Crippen molar-refractivity contribution in [3.63, 3.8) is 0 Å². The number of guanidine groups is 1. The number of aromatic nitrogens is 1. The van der Waals surface area contributed by atoms with Gasteiger partial charge in [0.05, 0.1) is 6.54 Å². The molecule has 126 valence electrons. The third-order valence-electron chi connectivity index (χ3n) is 3.91. The smallest absolute Gasteiger partial charge is 0.191 e. The summed E-state index contributed by atoms with van der Waals surface area (Å²) < 4.78 is 0. The topological polar surface area (TPSA) is 52.2 Å². The Kier molecular flexibility index (Phi) is 5.90. The van der Waals surface area contributed by atoms with Crippen molar-refractivity contribution >= 4 is 28.2 Å². The van der Waals surface area contributed by atoms with Crippen molar-refractivity contribution in [1.29, 1.82) is 0 Å². The molecule has 0 aliphatic heterocycles. The number of nitrogens with zero attached hydrogens (tertiary/aromatic N) is 1. The number of hydrogen-bond donors (Lipinski definition) is 3. The van der Waals surface area contributed by atoms with Crippen LogP contribution >= 0.6 is 11.3 Å². The average Bonchev–Trinajstić information content (AvgIpc) is 3.26. The lowest BCUT2D eigenvalue weighted by atomic mass is 10.1. The van der Waals surface area contributed by atoms with Crippen LogP contribution in [0.1, 0.15) is 23.8 Å². The van der Waals surface area contributed by atoms with Gasteiger partial charge in [0.2, 0.25) is 0 Å². The largest absolute Gasteiger partial charge is 0.361 e. The molecule has 0 saturated carbocycles. The van der Waals surface area contributed by atoms with Crippen LogP contribution in [0.3, 0.4) is 0 Å². The van der Waals surface area contributed by atoms with Crippen LogP contribution in [0.5, 0.6) is 0 Å². The highest BCUT2D eigenvalue weighted by atomic mass is 32.1. The molecule has 24 heavy (non-hydrogen) atoms. The molecule has 0 fully saturated rings. The van der Waals surface area contributed by atoms with E-state index in [0.29, 0.717) is 0 Å². The van der Waals surface area contributed by atoms with E-state index in [1.807, 2.05) is 0 Å². The quantitative estimate of drug-likeness (QED) is 0.347. The molecule has 0 radical (unpaired) electrons. The van der Waals surface area contributed by atoms with Crippen LogP contribution in [0.4, 0.5) is 0 Å². The van der Waals surface area contributed by atoms with Gasteiger partial charge in [-0.3, -0.25) is 0 Å². The number of aromatic amines is 1. The Morgan fingerprint density at radius 3 is 2.92 bits per heavy atom. The van der Waals surface area contributed by atoms with Crippen LogP contribution in [0.25, 0.3) is 10.9 Å². The molecule has 0 unspecified atom stereocenters. The molecule has 0 atom stereocenters. The first kappa shape index (κ1) is 16.6. The normalized spacial score (nSPS) is 11.8. The Bertz CT molecular complexity index is 774. The van der Waals surface area contributed by atoms with E-state index >= 15 is 0 Å². The van der Waals surface area contributed by atoms with Gasteiger partial charge in [0.1, 0.15) is 0 Å². The molecule has 3 N–H and O–H groups in total. The third kappa shape index (κ3) is 4.38. The van der Waals surface area contributed by atoms with Gasteiger partial charge in [0.15, 0.2) is 5.96 Å². The molecule has 2 heterocycles. The summed E-state index contributed by atoms with van der Waals surface area (Å²) in [4.78, 5) is 9.26. The summed E-state index contributed by atoms with van der Waals surface area (Å²) in [5.74, 6) is 0.893. The highest BCUT2D eigenvalue weighted by molar-refractivity contribution is 7.09. The Hall–Kier alpha value is -2.27. The van der Waals surface area contributed by atoms with E-state index in [4.69, 9.17) is 0 Å². The molecule has 2 aromatic heterocycles. The monoisotopic (exact) mass is 340 g/mol. The van der Waals surface area contributed by atoms with Gasteiger partial charge in [0, 0.05) is 35.1 Å². The number of H-pyrrole nitrogens is 1. The van der Waals surface area contributed by atoms with E-state index in [2.05, 4.69) is 75.5 Å². The number of rotatable bonds is 7. The maximum absolute atomic E-state index is 4.64. The van der Waals surface area contributed by atoms with Crippen LogP contribution in [0, 0.1) is 0 Å². The highest BCUT2D eigenvalue weighted by Gasteiger charge is 2.03. The lowest BCUT2D eigenvalue weighted by Gasteiger charge is -2.10. The molecule has 0 aliphatic rings. The van der Waals surface area contributed by atoms with E-state index in [0.717, 1.165) is 38.4 Å². The summed E-state index contributed by atoms with van der Waals surface area (Å²) in [7, 11) is 0. The number of fused-ring (bicyclic) bond motifs is 1. The third-order valence-corrected chi connectivity index (χ3v) is 4.77. The Balaban J connectivity index is 1.49. The van der Waals surface area contributed by atoms with Gasteiger partial charge in [-0.1, -0.05) is 24.3 Å². The maximum Gasteiger partial charge on any atom is 0.191 e. The van der Waals surface area contributed by atoms with E-state index in [-0.39, 0.29) is 0 Å². The Morgan fingerprint density at radius 2 is 2.08 bits per heavy atom. The van der Waals surface area contributed by atoms with Gasteiger partial charge >= 0.3 is 0 Å². The van der Waals surface area contributed by atoms with Crippen LogP contribution in [-0.4, -0.2) is 24.0 Å². The van der Waals surface area contributed by atoms with Crippen LogP contribution in [0.15, 0.2) is 53.0 Å². The van der Waals surface area contributed by atoms with Crippen molar-refractivity contribution in [3.8, 4) is 0 Å². The number of nitrogens with one attached hydrogen (secondary N) is 3. The fourth-order valence-corrected chi connectivity index (χ4v) is 3.35. The van der Waals surface area contributed by atoms with Crippen molar-refractivity contribution in [2.24, 2.45) is 4.99 Å². The number of benzene rings is 1. The minimum atomic E-state index is 0.732. The second kappa shape index (κ2) is 8.55. The Morgan fingerprint density at radius 1 is 1.17 bits per heavy atom. The molecule has 0 amide bonds. The molecule has 0 aliphatic carbocycles. The maximum atomic E-state index is 4.64. The zero-order valence-corrected chi connectivity index (χ0v) is 14.8. The van der Waals surface area contributed by atoms with Gasteiger partial charge in [-0.05, 0) is 42.8 Å². The second-order valence-corrected chi connectivity index (χ2v) is 6.70. The van der Waals surface area contributed by atoms with Crippen molar-refractivity contribution in [3.05, 3.63) is 58.4 Å². The predicted octanol–water partition coefficient (Wildman–Crippen LogP) is 3.92. The number of para-hydroxylation sites is 1. The number of thiophene rings is 1. The van der Waals surface area contributed by atoms with Gasteiger partial charge in [-0.15, -0.1) is 11.3 Å². The molecule has 3 aromatic rings. The molecule has 4 nitrogen and oxygen atoms in total. The number of aryl methyl sites for hydroxylation is 1. The Labute approximate surface area is 147 Å². The van der Waals surface area contributed by atoms with Gasteiger partial charge in [-0.2, -0.15) is 0 Å². The zero-order valence-electron chi connectivity index (χ0n) is 14.0. The lowest BCUT2D eigenvalue weighted by Crippen LogP contribution is -2.37. The van der Waals surface area contributed by atoms with E-state index < -0.39 is 0 Å². The molecule has 3 rings (SSSR count). The molecular weight excluding hydrogens is 316 g/mol. The lowest BCUT2D eigenvalue weighted by molar-refractivity contribution is 0.746. The van der Waals surface area contributed by atoms with E-state index in [1.165, 1.54) is 21.3 Å². The molecule has 0 spiro atoms. The van der Waals surface area contributed by atoms with Crippen LogP contribution in [0.2, 0.25) is 0 Å². The number of aliphatic imine (C=N–C) groups is 1. The number of hydrogen-bond acceptors (Lipinski definition) is 2. The first-order valence-electron chi connectivity index (χ1n) is 8.46. The standard InChI is InChI=1S/C19H24N4S/c1-2-20-19(23-14-16-8-6-12-24-16)21-11-5-7-15-13-22-18-10-4-3-9-17(15)18/h3-4,6,8-10,12-13,22H,2,5,7,11,14H2,1H3,(H2,20,21,23). The fourth-order valence-electron chi connectivity index (χ4n) is 2.73. The van der Waals surface area contributed by atoms with Gasteiger partial charge < -0.3 is 15.6 Å². The second-order valence-electron chi connectivity index (χ2n) is 5.66. The minimum Gasteiger partial charge on any atom is -0.361 e. The minimum absolute atomic E-state index is 0.732. The van der Waals surface area contributed by atoms with Crippen LogP contribution in [-0.2, 0) is 13.0 Å². The van der Waals surface area contributed by atoms with Crippen molar-refractivity contribution < 1.29 is 0 Å². The molecule has 0 bridgehead atoms. The summed E-state index contributed by atoms with van der Waals surface area (Å²) in [6.07, 6.45) is 4.26. The zero-order chi connectivity index (χ0) is 16.6. The summed E-state index contributed by atoms with van der Waals surface area (Å²) >= 11 is 1.74. The van der Waals surface area contributed by atoms with Crippen molar-refractivity contribution in [1.82, 2.24) is 15.6 Å². The predicted molar refractivity (Wildman–Crippen MR) is 104 cm³/mol. The summed E-state index contributed by atoms with van der Waals surface area (Å²) in [6.45, 7) is 4.61. The van der Waals surface area contributed by atoms with Crippen molar-refractivity contribution in [2.75, 3.05) is 13.1 Å². The van der Waals surface area contributed by atoms with Crippen LogP contribution < -0.4 is 10.6 Å². The first-order chi connectivity index (χ1) is 11.9. The summed E-state index contributed by atoms with van der Waals surface area (Å²) in [5, 5.41) is 10.2. The fraction of sp³-hybridized carbons (Fsp3) is 0.316. The SMILES string of the molecule is CCNC(=NCc1cccs1)NCCCc1c[nH]c2ccccc12. The van der Waals surface area contributed by atoms with Crippen molar-refractivity contribution in [2.45, 2.75) is 26.3 Å². The van der Waals surface area contributed by atoms with Gasteiger partial charge in [-0.25, -0.2) is 4.99 Å². The molecule has 5 heteroatoms. The molecular formula is C19H24N4S. The highest BCUT2D eigenvalue weighted by Crippen LogP contribution is 2.18. The van der Waals surface area contributed by atoms with E-state index in [9.17, 15) is 0 Å². The summed E-state index contributed by atoms with van der Waals surface area (Å²) in [5.41, 5.74) is 2.60. The summed E-state index contributed by atoms with van der Waals surface area (Å²) in [6, 6.07) is 12.7.